The third-order valence-electron chi connectivity index (χ3n) is 5.77. The van der Waals surface area contributed by atoms with Crippen molar-refractivity contribution >= 4 is 5.91 Å². The molecule has 0 atom stereocenters. The topological polar surface area (TPSA) is 86.0 Å². The maximum Gasteiger partial charge on any atom is 0.352 e. The monoisotopic (exact) mass is 454 g/mol. The van der Waals surface area contributed by atoms with Gasteiger partial charge in [0.1, 0.15) is 0 Å². The molecule has 1 aromatic heterocycles. The van der Waals surface area contributed by atoms with E-state index < -0.39 is 17.2 Å². The molecule has 0 aliphatic rings. The number of nitrogens with one attached hydrogen (secondary N) is 1. The predicted octanol–water partition coefficient (Wildman–Crippen LogP) is 3.30. The molecule has 0 aliphatic carbocycles. The molecule has 0 saturated heterocycles. The van der Waals surface area contributed by atoms with Crippen molar-refractivity contribution in [2.24, 2.45) is 0 Å². The summed E-state index contributed by atoms with van der Waals surface area (Å²) in [5.41, 5.74) is 3.59. The van der Waals surface area contributed by atoms with Crippen molar-refractivity contribution in [1.29, 1.82) is 0 Å². The number of carbonyl (C=O) groups is 1. The summed E-state index contributed by atoms with van der Waals surface area (Å²) in [5, 5.41) is 6.94. The first-order valence-electron chi connectivity index (χ1n) is 11.0. The zero-order valence-electron chi connectivity index (χ0n) is 19.4. The SMILES string of the molecule is Cc1ccc(Cn2c(=O)c(C(=O)NCc3ccccc3)nn(-c3ccc(C)c(C)c3)c2=O)cc1. The molecule has 1 N–H and O–H groups in total. The lowest BCUT2D eigenvalue weighted by molar-refractivity contribution is 0.0941. The normalized spacial score (nSPS) is 10.8. The van der Waals surface area contributed by atoms with Gasteiger partial charge in [-0.2, -0.15) is 9.78 Å². The molecule has 1 heterocycles. The second kappa shape index (κ2) is 9.70. The van der Waals surface area contributed by atoms with Crippen LogP contribution in [-0.2, 0) is 13.1 Å². The van der Waals surface area contributed by atoms with Gasteiger partial charge in [-0.3, -0.25) is 14.2 Å². The molecule has 0 aliphatic heterocycles. The summed E-state index contributed by atoms with van der Waals surface area (Å²) < 4.78 is 2.18. The van der Waals surface area contributed by atoms with Crippen LogP contribution in [0.1, 0.15) is 38.3 Å². The average molecular weight is 455 g/mol. The minimum Gasteiger partial charge on any atom is -0.346 e. The Morgan fingerprint density at radius 2 is 1.56 bits per heavy atom. The van der Waals surface area contributed by atoms with Crippen LogP contribution in [0.25, 0.3) is 5.69 Å². The van der Waals surface area contributed by atoms with Crippen LogP contribution < -0.4 is 16.6 Å². The lowest BCUT2D eigenvalue weighted by atomic mass is 10.1. The van der Waals surface area contributed by atoms with Gasteiger partial charge >= 0.3 is 5.69 Å². The largest absolute Gasteiger partial charge is 0.352 e. The van der Waals surface area contributed by atoms with E-state index in [9.17, 15) is 14.4 Å². The van der Waals surface area contributed by atoms with Gasteiger partial charge in [-0.15, -0.1) is 0 Å². The van der Waals surface area contributed by atoms with E-state index in [0.717, 1.165) is 37.1 Å². The smallest absolute Gasteiger partial charge is 0.346 e. The Hall–Kier alpha value is -4.26. The highest BCUT2D eigenvalue weighted by atomic mass is 16.2. The summed E-state index contributed by atoms with van der Waals surface area (Å²) in [7, 11) is 0. The van der Waals surface area contributed by atoms with Gasteiger partial charge in [0.25, 0.3) is 11.5 Å². The molecule has 0 radical (unpaired) electrons. The molecule has 7 nitrogen and oxygen atoms in total. The molecule has 4 aromatic rings. The van der Waals surface area contributed by atoms with Crippen LogP contribution >= 0.6 is 0 Å². The first kappa shape index (κ1) is 22.9. The maximum absolute atomic E-state index is 13.3. The second-order valence-electron chi connectivity index (χ2n) is 8.36. The highest BCUT2D eigenvalue weighted by molar-refractivity contribution is 5.91. The second-order valence-corrected chi connectivity index (χ2v) is 8.36. The number of carbonyl (C=O) groups excluding carboxylic acids is 1. The first-order valence-corrected chi connectivity index (χ1v) is 11.0. The quantitative estimate of drug-likeness (QED) is 0.484. The van der Waals surface area contributed by atoms with Crippen molar-refractivity contribution in [1.82, 2.24) is 19.7 Å². The third-order valence-corrected chi connectivity index (χ3v) is 5.77. The Morgan fingerprint density at radius 1 is 0.853 bits per heavy atom. The number of benzene rings is 3. The van der Waals surface area contributed by atoms with E-state index in [1.165, 1.54) is 0 Å². The van der Waals surface area contributed by atoms with Crippen LogP contribution in [0.4, 0.5) is 0 Å². The Balaban J connectivity index is 1.80. The fraction of sp³-hybridized carbons (Fsp3) is 0.185. The Kier molecular flexibility index (Phi) is 6.54. The van der Waals surface area contributed by atoms with Crippen molar-refractivity contribution in [3.05, 3.63) is 127 Å². The summed E-state index contributed by atoms with van der Waals surface area (Å²) >= 11 is 0. The summed E-state index contributed by atoms with van der Waals surface area (Å²) in [6.07, 6.45) is 0. The molecule has 0 saturated carbocycles. The van der Waals surface area contributed by atoms with Gasteiger partial charge in [0.2, 0.25) is 5.69 Å². The number of nitrogens with zero attached hydrogens (tertiary/aromatic N) is 3. The minimum absolute atomic E-state index is 0.0320. The van der Waals surface area contributed by atoms with Gasteiger partial charge in [-0.1, -0.05) is 66.2 Å². The van der Waals surface area contributed by atoms with Gasteiger partial charge in [-0.25, -0.2) is 4.79 Å². The Morgan fingerprint density at radius 3 is 2.24 bits per heavy atom. The first-order chi connectivity index (χ1) is 16.3. The highest BCUT2D eigenvalue weighted by Gasteiger charge is 2.20. The van der Waals surface area contributed by atoms with Crippen molar-refractivity contribution in [3.8, 4) is 5.69 Å². The van der Waals surface area contributed by atoms with E-state index in [0.29, 0.717) is 5.69 Å². The summed E-state index contributed by atoms with van der Waals surface area (Å²) in [6, 6.07) is 22.4. The number of amides is 1. The van der Waals surface area contributed by atoms with Crippen molar-refractivity contribution in [2.45, 2.75) is 33.9 Å². The minimum atomic E-state index is -0.726. The van der Waals surface area contributed by atoms with Crippen LogP contribution in [0.3, 0.4) is 0 Å². The lowest BCUT2D eigenvalue weighted by Gasteiger charge is -2.13. The van der Waals surface area contributed by atoms with Gasteiger partial charge in [-0.05, 0) is 55.2 Å². The number of aryl methyl sites for hydroxylation is 3. The molecule has 0 unspecified atom stereocenters. The van der Waals surface area contributed by atoms with E-state index in [1.807, 2.05) is 87.5 Å². The van der Waals surface area contributed by atoms with Crippen LogP contribution in [-0.4, -0.2) is 20.3 Å². The zero-order chi connectivity index (χ0) is 24.2. The van der Waals surface area contributed by atoms with E-state index in [-0.39, 0.29) is 18.8 Å². The Labute approximate surface area is 197 Å². The van der Waals surface area contributed by atoms with E-state index in [1.54, 1.807) is 6.07 Å². The summed E-state index contributed by atoms with van der Waals surface area (Å²) in [6.45, 7) is 6.13. The predicted molar refractivity (Wildman–Crippen MR) is 131 cm³/mol. The van der Waals surface area contributed by atoms with Crippen LogP contribution in [0, 0.1) is 20.8 Å². The average Bonchev–Trinajstić information content (AvgIpc) is 2.84. The van der Waals surface area contributed by atoms with Crippen LogP contribution in [0.5, 0.6) is 0 Å². The molecule has 3 aromatic carbocycles. The lowest BCUT2D eigenvalue weighted by Crippen LogP contribution is -2.46. The molecular formula is C27H26N4O3. The number of hydrogen-bond acceptors (Lipinski definition) is 4. The number of aromatic nitrogens is 3. The Bertz CT molecular complexity index is 1450. The van der Waals surface area contributed by atoms with Crippen molar-refractivity contribution in [2.75, 3.05) is 0 Å². The van der Waals surface area contributed by atoms with Crippen molar-refractivity contribution in [3.63, 3.8) is 0 Å². The highest BCUT2D eigenvalue weighted by Crippen LogP contribution is 2.12. The van der Waals surface area contributed by atoms with Gasteiger partial charge < -0.3 is 5.32 Å². The van der Waals surface area contributed by atoms with Gasteiger partial charge in [0, 0.05) is 6.54 Å². The molecule has 4 rings (SSSR count). The maximum atomic E-state index is 13.3. The van der Waals surface area contributed by atoms with Crippen molar-refractivity contribution < 1.29 is 4.79 Å². The van der Waals surface area contributed by atoms with Gasteiger partial charge in [0.05, 0.1) is 12.2 Å². The fourth-order valence-corrected chi connectivity index (χ4v) is 3.56. The summed E-state index contributed by atoms with van der Waals surface area (Å²) in [5.74, 6) is -0.635. The number of hydrogen-bond donors (Lipinski definition) is 1. The summed E-state index contributed by atoms with van der Waals surface area (Å²) in [4.78, 5) is 39.6. The molecular weight excluding hydrogens is 428 g/mol. The third kappa shape index (κ3) is 4.88. The standard InChI is InChI=1S/C27H26N4O3/c1-18-9-12-22(13-10-18)17-30-26(33)24(25(32)28-16-21-7-5-4-6-8-21)29-31(27(30)34)23-14-11-19(2)20(3)15-23/h4-15H,16-17H2,1-3H3,(H,28,32). The molecule has 7 heteroatoms. The van der Waals surface area contributed by atoms with Crippen LogP contribution in [0.2, 0.25) is 0 Å². The van der Waals surface area contributed by atoms with E-state index in [2.05, 4.69) is 10.4 Å². The molecule has 0 spiro atoms. The molecule has 1 amide bonds. The molecule has 0 bridgehead atoms. The molecule has 0 fully saturated rings. The van der Waals surface area contributed by atoms with Crippen LogP contribution in [0.15, 0.2) is 82.4 Å². The molecule has 34 heavy (non-hydrogen) atoms. The fourth-order valence-electron chi connectivity index (χ4n) is 3.56. The van der Waals surface area contributed by atoms with E-state index >= 15 is 0 Å². The zero-order valence-corrected chi connectivity index (χ0v) is 19.4. The molecule has 172 valence electrons. The number of rotatable bonds is 6. The van der Waals surface area contributed by atoms with E-state index in [4.69, 9.17) is 0 Å². The van der Waals surface area contributed by atoms with Gasteiger partial charge in [0.15, 0.2) is 0 Å².